The van der Waals surface area contributed by atoms with Gasteiger partial charge in [0.25, 0.3) is 0 Å². The van der Waals surface area contributed by atoms with E-state index in [1.165, 1.54) is 23.5 Å². The summed E-state index contributed by atoms with van der Waals surface area (Å²) in [5, 5.41) is 5.30. The molecule has 0 saturated carbocycles. The number of rotatable bonds is 3. The number of nitrogens with zero attached hydrogens (tertiary/aromatic N) is 3. The van der Waals surface area contributed by atoms with Gasteiger partial charge in [0.1, 0.15) is 23.0 Å². The first kappa shape index (κ1) is 17.5. The first-order valence-electron chi connectivity index (χ1n) is 7.23. The Hall–Kier alpha value is -2.32. The van der Waals surface area contributed by atoms with Crippen LogP contribution >= 0.6 is 28.3 Å². The summed E-state index contributed by atoms with van der Waals surface area (Å²) in [6.45, 7) is 1.93. The predicted molar refractivity (Wildman–Crippen MR) is 101 cm³/mol. The van der Waals surface area contributed by atoms with Crippen LogP contribution in [0.15, 0.2) is 48.0 Å². The van der Waals surface area contributed by atoms with Crippen molar-refractivity contribution in [3.05, 3.63) is 65.3 Å². The fourth-order valence-electron chi connectivity index (χ4n) is 2.57. The van der Waals surface area contributed by atoms with E-state index in [1.54, 1.807) is 0 Å². The maximum Gasteiger partial charge on any atom is 0.187 e. The lowest BCUT2D eigenvalue weighted by Crippen LogP contribution is -1.94. The highest BCUT2D eigenvalue weighted by atomic mass is 79.9. The number of aryl methyl sites for hydroxylation is 1. The van der Waals surface area contributed by atoms with Crippen molar-refractivity contribution in [1.29, 1.82) is 0 Å². The van der Waals surface area contributed by atoms with Crippen LogP contribution in [0.5, 0.6) is 0 Å². The summed E-state index contributed by atoms with van der Waals surface area (Å²) < 4.78 is 28.7. The molecule has 0 aliphatic carbocycles. The second-order valence-corrected chi connectivity index (χ2v) is 6.12. The van der Waals surface area contributed by atoms with Crippen molar-refractivity contribution in [2.45, 2.75) is 6.92 Å². The Kier molecular flexibility index (Phi) is 4.82. The van der Waals surface area contributed by atoms with E-state index in [4.69, 9.17) is 0 Å². The van der Waals surface area contributed by atoms with Crippen LogP contribution in [0.1, 0.15) is 5.69 Å². The second kappa shape index (κ2) is 6.89. The molecule has 3 aromatic heterocycles. The summed E-state index contributed by atoms with van der Waals surface area (Å²) >= 11 is 1.35. The average Bonchev–Trinajstić information content (AvgIpc) is 3.13. The summed E-state index contributed by atoms with van der Waals surface area (Å²) in [6, 6.07) is 9.18. The molecule has 4 rings (SSSR count). The molecule has 0 aliphatic heterocycles. The van der Waals surface area contributed by atoms with Gasteiger partial charge in [0.2, 0.25) is 0 Å². The summed E-state index contributed by atoms with van der Waals surface area (Å²) in [5.74, 6) is -1.27. The van der Waals surface area contributed by atoms with Crippen LogP contribution < -0.4 is 5.32 Å². The maximum atomic E-state index is 13.7. The van der Waals surface area contributed by atoms with Crippen molar-refractivity contribution in [3.63, 3.8) is 0 Å². The van der Waals surface area contributed by atoms with Crippen molar-refractivity contribution in [3.8, 4) is 11.4 Å². The molecule has 0 bridgehead atoms. The molecule has 8 heteroatoms. The van der Waals surface area contributed by atoms with Gasteiger partial charge in [-0.1, -0.05) is 6.07 Å². The average molecular weight is 423 g/mol. The van der Waals surface area contributed by atoms with Crippen LogP contribution in [-0.2, 0) is 0 Å². The molecule has 0 radical (unpaired) electrons. The van der Waals surface area contributed by atoms with Gasteiger partial charge in [-0.25, -0.2) is 18.7 Å². The SMILES string of the molecule is Br.Cc1nc2ccccn2c1-c1csc(Nc2ccc(F)cc2F)n1. The Labute approximate surface area is 157 Å². The van der Waals surface area contributed by atoms with Crippen molar-refractivity contribution in [2.75, 3.05) is 5.32 Å². The van der Waals surface area contributed by atoms with E-state index in [0.717, 1.165) is 28.8 Å². The van der Waals surface area contributed by atoms with Crippen LogP contribution in [0.25, 0.3) is 17.0 Å². The van der Waals surface area contributed by atoms with Crippen LogP contribution in [-0.4, -0.2) is 14.4 Å². The van der Waals surface area contributed by atoms with E-state index in [1.807, 2.05) is 41.1 Å². The van der Waals surface area contributed by atoms with E-state index in [2.05, 4.69) is 15.3 Å². The molecule has 1 N–H and O–H groups in total. The monoisotopic (exact) mass is 422 g/mol. The lowest BCUT2D eigenvalue weighted by atomic mass is 10.3. The highest BCUT2D eigenvalue weighted by Crippen LogP contribution is 2.30. The van der Waals surface area contributed by atoms with Crippen LogP contribution in [0.2, 0.25) is 0 Å². The maximum absolute atomic E-state index is 13.7. The Morgan fingerprint density at radius 1 is 1.12 bits per heavy atom. The number of pyridine rings is 1. The summed E-state index contributed by atoms with van der Waals surface area (Å²) in [5.41, 5.74) is 3.55. The molecule has 0 amide bonds. The Balaban J connectivity index is 0.00000182. The minimum atomic E-state index is -0.655. The van der Waals surface area contributed by atoms with Crippen LogP contribution in [0.3, 0.4) is 0 Å². The van der Waals surface area contributed by atoms with Crippen molar-refractivity contribution in [2.24, 2.45) is 0 Å². The fraction of sp³-hybridized carbons (Fsp3) is 0.0588. The molecule has 4 aromatic rings. The zero-order valence-electron chi connectivity index (χ0n) is 13.0. The largest absolute Gasteiger partial charge is 0.329 e. The zero-order valence-corrected chi connectivity index (χ0v) is 15.6. The van der Waals surface area contributed by atoms with Gasteiger partial charge in [0.05, 0.1) is 17.1 Å². The molecule has 25 heavy (non-hydrogen) atoms. The number of nitrogens with one attached hydrogen (secondary N) is 1. The number of thiazole rings is 1. The van der Waals surface area contributed by atoms with E-state index >= 15 is 0 Å². The van der Waals surface area contributed by atoms with Gasteiger partial charge >= 0.3 is 0 Å². The third-order valence-corrected chi connectivity index (χ3v) is 4.38. The third kappa shape index (κ3) is 3.27. The molecular formula is C17H13BrF2N4S. The molecule has 0 unspecified atom stereocenters. The molecule has 1 aromatic carbocycles. The van der Waals surface area contributed by atoms with E-state index in [-0.39, 0.29) is 22.7 Å². The molecule has 0 atom stereocenters. The number of fused-ring (bicyclic) bond motifs is 1. The van der Waals surface area contributed by atoms with Crippen molar-refractivity contribution in [1.82, 2.24) is 14.4 Å². The first-order chi connectivity index (χ1) is 11.6. The quantitative estimate of drug-likeness (QED) is 0.482. The van der Waals surface area contributed by atoms with E-state index in [0.29, 0.717) is 5.13 Å². The van der Waals surface area contributed by atoms with E-state index in [9.17, 15) is 8.78 Å². The van der Waals surface area contributed by atoms with Crippen molar-refractivity contribution < 1.29 is 8.78 Å². The first-order valence-corrected chi connectivity index (χ1v) is 8.11. The minimum absolute atomic E-state index is 0. The van der Waals surface area contributed by atoms with Gasteiger partial charge in [-0.2, -0.15) is 0 Å². The highest BCUT2D eigenvalue weighted by Gasteiger charge is 2.14. The Morgan fingerprint density at radius 2 is 1.96 bits per heavy atom. The van der Waals surface area contributed by atoms with Gasteiger partial charge in [0.15, 0.2) is 5.13 Å². The highest BCUT2D eigenvalue weighted by molar-refractivity contribution is 8.93. The number of halogens is 3. The van der Waals surface area contributed by atoms with E-state index < -0.39 is 11.6 Å². The number of imidazole rings is 1. The minimum Gasteiger partial charge on any atom is -0.329 e. The number of aromatic nitrogens is 3. The number of hydrogen-bond acceptors (Lipinski definition) is 4. The third-order valence-electron chi connectivity index (χ3n) is 3.62. The normalized spacial score (nSPS) is 10.7. The number of benzene rings is 1. The summed E-state index contributed by atoms with van der Waals surface area (Å²) in [7, 11) is 0. The zero-order chi connectivity index (χ0) is 16.7. The van der Waals surface area contributed by atoms with Gasteiger partial charge in [-0.05, 0) is 31.2 Å². The fourth-order valence-corrected chi connectivity index (χ4v) is 3.28. The van der Waals surface area contributed by atoms with Crippen LogP contribution in [0, 0.1) is 18.6 Å². The molecule has 0 aliphatic rings. The lowest BCUT2D eigenvalue weighted by molar-refractivity contribution is 0.586. The molecule has 3 heterocycles. The number of hydrogen-bond donors (Lipinski definition) is 1. The standard InChI is InChI=1S/C17H12F2N4S.BrH/c1-10-16(23-7-3-2-4-15(23)20-10)14-9-24-17(22-14)21-13-6-5-11(18)8-12(13)19;/h2-9H,1H3,(H,21,22);1H. The molecule has 0 saturated heterocycles. The Morgan fingerprint density at radius 3 is 2.76 bits per heavy atom. The molecule has 0 fully saturated rings. The summed E-state index contributed by atoms with van der Waals surface area (Å²) in [6.07, 6.45) is 1.93. The number of anilines is 2. The smallest absolute Gasteiger partial charge is 0.187 e. The Bertz CT molecular complexity index is 1040. The van der Waals surface area contributed by atoms with Gasteiger partial charge in [0, 0.05) is 17.6 Å². The topological polar surface area (TPSA) is 42.2 Å². The van der Waals surface area contributed by atoms with Gasteiger partial charge < -0.3 is 5.32 Å². The summed E-state index contributed by atoms with van der Waals surface area (Å²) in [4.78, 5) is 9.02. The molecule has 4 nitrogen and oxygen atoms in total. The lowest BCUT2D eigenvalue weighted by Gasteiger charge is -2.04. The molecular weight excluding hydrogens is 410 g/mol. The molecule has 0 spiro atoms. The van der Waals surface area contributed by atoms with Gasteiger partial charge in [-0.3, -0.25) is 4.40 Å². The molecule has 128 valence electrons. The van der Waals surface area contributed by atoms with Crippen molar-refractivity contribution >= 4 is 44.8 Å². The van der Waals surface area contributed by atoms with Gasteiger partial charge in [-0.15, -0.1) is 28.3 Å². The van der Waals surface area contributed by atoms with Crippen LogP contribution in [0.4, 0.5) is 19.6 Å². The second-order valence-electron chi connectivity index (χ2n) is 5.26. The predicted octanol–water partition coefficient (Wildman–Crippen LogP) is 5.37.